The maximum Gasteiger partial charge on any atom is 0.329 e. The Balaban J connectivity index is 2.03. The normalized spacial score (nSPS) is 14.7. The van der Waals surface area contributed by atoms with E-state index >= 15 is 0 Å². The van der Waals surface area contributed by atoms with Crippen molar-refractivity contribution < 1.29 is 23.8 Å². The molecule has 0 aromatic heterocycles. The van der Waals surface area contributed by atoms with Crippen LogP contribution in [0.1, 0.15) is 31.2 Å². The minimum Gasteiger partial charge on any atom is -0.493 e. The number of nitrogens with one attached hydrogen (secondary N) is 1. The van der Waals surface area contributed by atoms with Crippen molar-refractivity contribution in [2.45, 2.75) is 25.7 Å². The van der Waals surface area contributed by atoms with E-state index in [1.54, 1.807) is 17.0 Å². The Morgan fingerprint density at radius 2 is 1.58 bits per heavy atom. The van der Waals surface area contributed by atoms with Gasteiger partial charge in [-0.2, -0.15) is 5.10 Å². The molecule has 0 saturated carbocycles. The molecular weight excluding hydrogens is 338 g/mol. The lowest BCUT2D eigenvalue weighted by Gasteiger charge is -2.18. The van der Waals surface area contributed by atoms with E-state index in [4.69, 9.17) is 14.2 Å². The molecule has 26 heavy (non-hydrogen) atoms. The number of nitrogens with zero attached hydrogens (tertiary/aromatic N) is 2. The molecule has 0 spiro atoms. The molecule has 1 N–H and O–H groups in total. The number of hydrazone groups is 1. The summed E-state index contributed by atoms with van der Waals surface area (Å²) in [6.07, 6.45) is 5.44. The van der Waals surface area contributed by atoms with Crippen LogP contribution < -0.4 is 19.6 Å². The molecule has 1 heterocycles. The number of carbonyl (C=O) groups is 2. The summed E-state index contributed by atoms with van der Waals surface area (Å²) in [5, 5.41) is 3.86. The Bertz CT molecular complexity index is 642. The van der Waals surface area contributed by atoms with Crippen LogP contribution in [0.3, 0.4) is 0 Å². The van der Waals surface area contributed by atoms with Crippen LogP contribution in [0, 0.1) is 0 Å². The molecule has 1 aliphatic heterocycles. The molecule has 0 bridgehead atoms. The summed E-state index contributed by atoms with van der Waals surface area (Å²) >= 11 is 0. The van der Waals surface area contributed by atoms with Gasteiger partial charge in [-0.15, -0.1) is 0 Å². The third-order valence-corrected chi connectivity index (χ3v) is 4.15. The van der Waals surface area contributed by atoms with E-state index in [1.807, 2.05) is 0 Å². The van der Waals surface area contributed by atoms with Gasteiger partial charge in [-0.1, -0.05) is 12.8 Å². The van der Waals surface area contributed by atoms with Gasteiger partial charge in [0.2, 0.25) is 5.75 Å². The van der Waals surface area contributed by atoms with E-state index in [0.717, 1.165) is 25.7 Å². The highest BCUT2D eigenvalue weighted by atomic mass is 16.5. The molecule has 0 aliphatic carbocycles. The summed E-state index contributed by atoms with van der Waals surface area (Å²) in [6, 6.07) is 3.38. The standard InChI is InChI=1S/C18H25N3O5/c1-24-14-10-13(11-15(25-2)16(14)26-3)12-19-20-17(22)18(23)21-8-6-4-5-7-9-21/h10-12H,4-9H2,1-3H3,(H,20,22)/b19-12-. The van der Waals surface area contributed by atoms with Crippen LogP contribution in [0.15, 0.2) is 17.2 Å². The number of likely N-dealkylation sites (tertiary alicyclic amines) is 1. The predicted molar refractivity (Wildman–Crippen MR) is 96.9 cm³/mol. The summed E-state index contributed by atoms with van der Waals surface area (Å²) < 4.78 is 15.8. The number of ether oxygens (including phenoxy) is 3. The minimum absolute atomic E-state index is 0.465. The van der Waals surface area contributed by atoms with Crippen molar-refractivity contribution in [1.82, 2.24) is 10.3 Å². The zero-order chi connectivity index (χ0) is 18.9. The summed E-state index contributed by atoms with van der Waals surface area (Å²) in [5.74, 6) is 0.123. The van der Waals surface area contributed by atoms with Crippen molar-refractivity contribution in [3.8, 4) is 17.2 Å². The fraction of sp³-hybridized carbons (Fsp3) is 0.500. The largest absolute Gasteiger partial charge is 0.493 e. The average molecular weight is 363 g/mol. The minimum atomic E-state index is -0.740. The molecule has 1 aromatic rings. The van der Waals surface area contributed by atoms with Crippen molar-refractivity contribution in [1.29, 1.82) is 0 Å². The van der Waals surface area contributed by atoms with E-state index in [-0.39, 0.29) is 0 Å². The highest BCUT2D eigenvalue weighted by molar-refractivity contribution is 6.35. The molecule has 1 fully saturated rings. The van der Waals surface area contributed by atoms with Crippen molar-refractivity contribution >= 4 is 18.0 Å². The number of carbonyl (C=O) groups excluding carboxylic acids is 2. The highest BCUT2D eigenvalue weighted by Crippen LogP contribution is 2.37. The first-order valence-corrected chi connectivity index (χ1v) is 8.53. The summed E-state index contributed by atoms with van der Waals surface area (Å²) in [5.41, 5.74) is 2.91. The summed E-state index contributed by atoms with van der Waals surface area (Å²) in [4.78, 5) is 25.7. The third-order valence-electron chi connectivity index (χ3n) is 4.15. The van der Waals surface area contributed by atoms with Crippen LogP contribution in [0.25, 0.3) is 0 Å². The predicted octanol–water partition coefficient (Wildman–Crippen LogP) is 1.57. The first kappa shape index (κ1) is 19.6. The lowest BCUT2D eigenvalue weighted by Crippen LogP contribution is -2.41. The maximum absolute atomic E-state index is 12.2. The van der Waals surface area contributed by atoms with Crippen LogP contribution in [0.4, 0.5) is 0 Å². The molecule has 0 atom stereocenters. The second-order valence-corrected chi connectivity index (χ2v) is 5.86. The van der Waals surface area contributed by atoms with Gasteiger partial charge in [-0.3, -0.25) is 9.59 Å². The highest BCUT2D eigenvalue weighted by Gasteiger charge is 2.22. The zero-order valence-electron chi connectivity index (χ0n) is 15.4. The number of hydrogen-bond acceptors (Lipinski definition) is 6. The first-order chi connectivity index (χ1) is 12.6. The van der Waals surface area contributed by atoms with Gasteiger partial charge in [0.1, 0.15) is 0 Å². The molecular formula is C18H25N3O5. The van der Waals surface area contributed by atoms with Crippen molar-refractivity contribution in [2.75, 3.05) is 34.4 Å². The zero-order valence-corrected chi connectivity index (χ0v) is 15.4. The molecule has 2 amide bonds. The Labute approximate surface area is 153 Å². The summed E-state index contributed by atoms with van der Waals surface area (Å²) in [6.45, 7) is 1.23. The molecule has 0 unspecified atom stereocenters. The van der Waals surface area contributed by atoms with Gasteiger partial charge in [0, 0.05) is 18.7 Å². The smallest absolute Gasteiger partial charge is 0.329 e. The molecule has 1 aliphatic rings. The van der Waals surface area contributed by atoms with Crippen LogP contribution >= 0.6 is 0 Å². The second kappa shape index (κ2) is 9.65. The SMILES string of the molecule is COc1cc(/C=N\NC(=O)C(=O)N2CCCCCC2)cc(OC)c1OC. The number of amides is 2. The Morgan fingerprint density at radius 1 is 1.00 bits per heavy atom. The fourth-order valence-electron chi connectivity index (χ4n) is 2.81. The van der Waals surface area contributed by atoms with Gasteiger partial charge >= 0.3 is 11.8 Å². The lowest BCUT2D eigenvalue weighted by atomic mass is 10.2. The molecule has 2 rings (SSSR count). The third kappa shape index (κ3) is 4.87. The average Bonchev–Trinajstić information content (AvgIpc) is 2.95. The Kier molecular flexibility index (Phi) is 7.25. The van der Waals surface area contributed by atoms with E-state index in [2.05, 4.69) is 10.5 Å². The Hall–Kier alpha value is -2.77. The van der Waals surface area contributed by atoms with Crippen LogP contribution in [0.2, 0.25) is 0 Å². The molecule has 1 aromatic carbocycles. The molecule has 8 heteroatoms. The van der Waals surface area contributed by atoms with Gasteiger partial charge < -0.3 is 19.1 Å². The molecule has 142 valence electrons. The van der Waals surface area contributed by atoms with Gasteiger partial charge in [-0.25, -0.2) is 5.43 Å². The van der Waals surface area contributed by atoms with Crippen LogP contribution in [-0.2, 0) is 9.59 Å². The number of methoxy groups -OCH3 is 3. The maximum atomic E-state index is 12.2. The Morgan fingerprint density at radius 3 is 2.08 bits per heavy atom. The first-order valence-electron chi connectivity index (χ1n) is 8.53. The monoisotopic (exact) mass is 363 g/mol. The fourth-order valence-corrected chi connectivity index (χ4v) is 2.81. The van der Waals surface area contributed by atoms with Crippen molar-refractivity contribution in [3.63, 3.8) is 0 Å². The van der Waals surface area contributed by atoms with E-state index in [0.29, 0.717) is 35.9 Å². The van der Waals surface area contributed by atoms with Gasteiger partial charge in [0.25, 0.3) is 0 Å². The lowest BCUT2D eigenvalue weighted by molar-refractivity contribution is -0.145. The van der Waals surface area contributed by atoms with Crippen molar-refractivity contribution in [3.05, 3.63) is 17.7 Å². The number of hydrogen-bond donors (Lipinski definition) is 1. The molecule has 8 nitrogen and oxygen atoms in total. The topological polar surface area (TPSA) is 89.5 Å². The van der Waals surface area contributed by atoms with Gasteiger partial charge in [0.05, 0.1) is 27.5 Å². The van der Waals surface area contributed by atoms with E-state index in [1.165, 1.54) is 27.5 Å². The number of rotatable bonds is 5. The van der Waals surface area contributed by atoms with E-state index < -0.39 is 11.8 Å². The van der Waals surface area contributed by atoms with Gasteiger partial charge in [-0.05, 0) is 25.0 Å². The molecule has 0 radical (unpaired) electrons. The summed E-state index contributed by atoms with van der Waals surface area (Å²) in [7, 11) is 4.54. The van der Waals surface area contributed by atoms with Gasteiger partial charge in [0.15, 0.2) is 11.5 Å². The van der Waals surface area contributed by atoms with Crippen LogP contribution in [0.5, 0.6) is 17.2 Å². The molecule has 1 saturated heterocycles. The second-order valence-electron chi connectivity index (χ2n) is 5.86. The van der Waals surface area contributed by atoms with Crippen LogP contribution in [-0.4, -0.2) is 57.3 Å². The van der Waals surface area contributed by atoms with Crippen molar-refractivity contribution in [2.24, 2.45) is 5.10 Å². The number of benzene rings is 1. The van der Waals surface area contributed by atoms with E-state index in [9.17, 15) is 9.59 Å². The quantitative estimate of drug-likeness (QED) is 0.487.